The first-order valence-electron chi connectivity index (χ1n) is 38.4. The van der Waals surface area contributed by atoms with Crippen molar-refractivity contribution in [2.75, 3.05) is 25.5 Å². The van der Waals surface area contributed by atoms with Gasteiger partial charge in [0.05, 0.1) is 41.3 Å². The van der Waals surface area contributed by atoms with E-state index in [0.29, 0.717) is 10.6 Å². The number of hydrogen-bond acceptors (Lipinski definition) is 29. The van der Waals surface area contributed by atoms with Gasteiger partial charge in [-0.05, 0) is 145 Å². The molecule has 0 spiro atoms. The number of aliphatic hydroxyl groups is 6. The number of likely N-dealkylation sites (N-methyl/N-ethyl adjacent to an activating group) is 1. The predicted octanol–water partition coefficient (Wildman–Crippen LogP) is 1.72. The molecule has 2 fully saturated rings. The smallest absolute Gasteiger partial charge is 0.349 e. The third-order valence-electron chi connectivity index (χ3n) is 21.2. The summed E-state index contributed by atoms with van der Waals surface area (Å²) in [6, 6.07) is 7.13. The van der Waals surface area contributed by atoms with Gasteiger partial charge in [0, 0.05) is 59.5 Å². The van der Waals surface area contributed by atoms with Crippen molar-refractivity contribution in [2.24, 2.45) is 11.7 Å². The molecule has 22 N–H and O–H groups in total. The number of ether oxygens (including phenoxy) is 6. The Morgan fingerprint density at radius 1 is 0.724 bits per heavy atom. The summed E-state index contributed by atoms with van der Waals surface area (Å²) in [4.78, 5) is 149. The fraction of sp³-hybridized carbons (Fsp3) is 0.370. The third-order valence-corrected chi connectivity index (χ3v) is 22.0. The third kappa shape index (κ3) is 20.5. The number of aliphatic hydroxyl groups excluding tert-OH is 6. The van der Waals surface area contributed by atoms with Gasteiger partial charge in [0.1, 0.15) is 101 Å². The van der Waals surface area contributed by atoms with Crippen molar-refractivity contribution >= 4 is 99.9 Å². The van der Waals surface area contributed by atoms with Gasteiger partial charge in [-0.25, -0.2) is 10.3 Å². The van der Waals surface area contributed by atoms with Crippen molar-refractivity contribution in [2.45, 2.75) is 163 Å². The molecule has 6 aromatic carbocycles. The Labute approximate surface area is 714 Å². The van der Waals surface area contributed by atoms with E-state index < -0.39 is 254 Å². The highest BCUT2D eigenvalue weighted by molar-refractivity contribution is 6.32. The van der Waals surface area contributed by atoms with Crippen molar-refractivity contribution in [1.29, 1.82) is 0 Å². The first kappa shape index (κ1) is 90.6. The minimum absolute atomic E-state index is 0.0367. The molecule has 8 heterocycles. The molecule has 9 amide bonds. The van der Waals surface area contributed by atoms with Crippen molar-refractivity contribution in [1.82, 2.24) is 57.6 Å². The Balaban J connectivity index is 0.995. The molecule has 0 radical (unpaired) electrons. The number of nitrogens with one attached hydrogen (secondary N) is 10. The highest BCUT2D eigenvalue weighted by Crippen LogP contribution is 2.50. The van der Waals surface area contributed by atoms with Gasteiger partial charge in [0.15, 0.2) is 23.9 Å². The normalized spacial score (nSPS) is 26.2. The number of hydroxylamine groups is 1. The number of rotatable bonds is 20. The van der Waals surface area contributed by atoms with Crippen LogP contribution in [0.3, 0.4) is 0 Å². The standard InChI is InChI=1S/C81H88Cl3N13O26/c1-33(2)22-46(86-5)72(109)94-63-65(104)37-10-15-50(44(83)24-37)119-52-26-39-27-53(69(52)123-79-70(68(107)67(106)54(32-98)121-79)122-58-31-81(4,71(108)34(3)118-58)87-19-21-97-20-18-56(90-80(97)116)89-57(103)17-8-35-6-12-40(82)13-7-35)120-51-16-11-38(25-45(51)84)66(105)64-77(114)93-62(78(115)96-117)43-28-41(99)29-49(101)59(43)42-23-36(9-14-48(42)100)60(74(111)95-64)92-75(112)61(39)91-73(110)47(30-55(85)102)88-76(63)113/h6-18,20,23-29,33-34,46-47,54,58,60-68,70-71,79,86-87,98-101,104-108,117H,19,21-22,30-32H2,1-5H3,(H2,85,102)(H,88,113)(H,91,110)(H,92,112)(H,93,114)(H,94,109)(H,95,111)(H,96,115)(H,89,90,103,116)/t34-,46-,47+,54+,58+,60+,61?,62-,63-,64-,65-,66+,67-,68+,70-,71+,79-,81+/m1/s1. The van der Waals surface area contributed by atoms with Gasteiger partial charge >= 0.3 is 5.69 Å². The van der Waals surface area contributed by atoms with Crippen LogP contribution in [0.2, 0.25) is 15.1 Å². The topological polar surface area (TPSA) is 593 Å². The number of phenols is 3. The van der Waals surface area contributed by atoms with Gasteiger partial charge in [-0.2, -0.15) is 4.98 Å². The van der Waals surface area contributed by atoms with E-state index in [9.17, 15) is 79.9 Å². The van der Waals surface area contributed by atoms with Gasteiger partial charge in [-0.3, -0.25) is 52.9 Å². The lowest BCUT2D eigenvalue weighted by atomic mass is 9.85. The van der Waals surface area contributed by atoms with Crippen LogP contribution in [0.15, 0.2) is 126 Å². The number of hydrogen-bond donors (Lipinski definition) is 21. The molecule has 1 unspecified atom stereocenters. The Morgan fingerprint density at radius 2 is 1.37 bits per heavy atom. The second-order valence-electron chi connectivity index (χ2n) is 30.4. The molecule has 0 saturated carbocycles. The van der Waals surface area contributed by atoms with Gasteiger partial charge < -0.3 is 128 Å². The van der Waals surface area contributed by atoms with Crippen LogP contribution in [0.1, 0.15) is 111 Å². The van der Waals surface area contributed by atoms with E-state index in [0.717, 1.165) is 66.7 Å². The van der Waals surface area contributed by atoms with Crippen LogP contribution in [0, 0.1) is 5.92 Å². The minimum Gasteiger partial charge on any atom is -0.508 e. The van der Waals surface area contributed by atoms with Crippen LogP contribution in [-0.4, -0.2) is 213 Å². The number of nitrogens with zero attached hydrogens (tertiary/aromatic N) is 2. The van der Waals surface area contributed by atoms with Crippen molar-refractivity contribution in [3.63, 3.8) is 0 Å². The molecule has 7 aliphatic rings. The Kier molecular flexibility index (Phi) is 28.3. The molecule has 0 aliphatic carbocycles. The zero-order chi connectivity index (χ0) is 88.9. The number of aromatic hydroxyl groups is 3. The quantitative estimate of drug-likeness (QED) is 0.0293. The lowest BCUT2D eigenvalue weighted by Gasteiger charge is -2.48. The SMILES string of the molecule is CN[C@H](CC(C)C)C(=O)N[C@H]1C(=O)N[C@@H](CC(N)=O)C(=O)NC2C(=O)N[C@@H]3C(=O)N[C@@H](C(=O)N[C@@H](C(=O)NO)c4cc(O)cc(O)c4-c4cc3ccc4O)[C@@H](O)c3ccc(c(Cl)c3)Oc3cc2cc(c3O[C@H]2O[C@@H](CO)[C@@H](O)[C@H](O)[C@H]2O[C@H]2C[C@](C)(NCCn3ccc(NC(=O)C=Cc4ccc(Cl)cc4)nc3=O)[C@@H](O)[C@@H](C)O2)Oc2ccc(cc2Cl)[C@H]1O. The number of carbonyl (C=O) groups is 9. The molecule has 1 aromatic heterocycles. The van der Waals surface area contributed by atoms with Gasteiger partial charge in [-0.15, -0.1) is 0 Å². The zero-order valence-electron chi connectivity index (χ0n) is 65.9. The largest absolute Gasteiger partial charge is 0.508 e. The average Bonchev–Trinajstić information content (AvgIpc) is 0.764. The van der Waals surface area contributed by atoms with Gasteiger partial charge in [0.2, 0.25) is 59.3 Å². The maximum Gasteiger partial charge on any atom is 0.349 e. The number of aromatic nitrogens is 2. The Bertz CT molecular complexity index is 5320. The number of fused-ring (bicyclic) bond motifs is 15. The van der Waals surface area contributed by atoms with Crippen molar-refractivity contribution in [3.05, 3.63) is 180 Å². The fourth-order valence-electron chi connectivity index (χ4n) is 14.8. The molecular formula is C81H88Cl3N13O26. The zero-order valence-corrected chi connectivity index (χ0v) is 68.1. The van der Waals surface area contributed by atoms with Crippen LogP contribution < -0.4 is 79.0 Å². The van der Waals surface area contributed by atoms with Crippen LogP contribution >= 0.6 is 34.8 Å². The summed E-state index contributed by atoms with van der Waals surface area (Å²) < 4.78 is 40.5. The monoisotopic (exact) mass is 1760 g/mol. The number of primary amides is 1. The molecule has 654 valence electrons. The number of carbonyl (C=O) groups excluding carboxylic acids is 9. The molecule has 123 heavy (non-hydrogen) atoms. The summed E-state index contributed by atoms with van der Waals surface area (Å²) in [5.41, 5.74) is 2.74. The lowest BCUT2D eigenvalue weighted by Crippen LogP contribution is -2.65. The summed E-state index contributed by atoms with van der Waals surface area (Å²) in [5.74, 6) is -16.7. The number of halogens is 3. The molecular weight excluding hydrogens is 1680 g/mol. The molecule has 18 atom stereocenters. The second kappa shape index (κ2) is 38.4. The number of amides is 9. The molecule has 11 bridgehead atoms. The number of anilines is 1. The van der Waals surface area contributed by atoms with E-state index in [4.69, 9.17) is 69.0 Å². The van der Waals surface area contributed by atoms with Crippen LogP contribution in [0.25, 0.3) is 17.2 Å². The van der Waals surface area contributed by atoms with Gasteiger partial charge in [-0.1, -0.05) is 79.0 Å². The Morgan fingerprint density at radius 3 is 1.99 bits per heavy atom. The fourth-order valence-corrected chi connectivity index (χ4v) is 15.3. The highest BCUT2D eigenvalue weighted by Gasteiger charge is 2.52. The summed E-state index contributed by atoms with van der Waals surface area (Å²) in [5, 5.41) is 139. The molecule has 2 saturated heterocycles. The average molecular weight is 1770 g/mol. The van der Waals surface area contributed by atoms with E-state index in [1.807, 2.05) is 13.8 Å². The minimum atomic E-state index is -2.40. The van der Waals surface area contributed by atoms with E-state index in [1.54, 1.807) is 31.2 Å². The molecule has 42 heteroatoms. The summed E-state index contributed by atoms with van der Waals surface area (Å²) in [6.07, 6.45) is -15.4. The number of benzene rings is 6. The first-order valence-corrected chi connectivity index (χ1v) is 39.5. The predicted molar refractivity (Wildman–Crippen MR) is 433 cm³/mol. The van der Waals surface area contributed by atoms with E-state index in [1.165, 1.54) is 60.6 Å². The summed E-state index contributed by atoms with van der Waals surface area (Å²) in [7, 11) is 1.46. The molecule has 7 aliphatic heterocycles. The number of nitrogens with two attached hydrogens (primary N) is 1. The summed E-state index contributed by atoms with van der Waals surface area (Å²) in [6.45, 7) is 5.58. The molecule has 39 nitrogen and oxygen atoms in total. The van der Waals surface area contributed by atoms with E-state index in [-0.39, 0.29) is 60.1 Å². The maximum atomic E-state index is 16.3. The van der Waals surface area contributed by atoms with Crippen LogP contribution in [0.5, 0.6) is 46.0 Å². The first-order chi connectivity index (χ1) is 58.4. The highest BCUT2D eigenvalue weighted by atomic mass is 35.5. The lowest BCUT2D eigenvalue weighted by molar-refractivity contribution is -0.334. The molecule has 7 aromatic rings. The second-order valence-corrected chi connectivity index (χ2v) is 31.6. The maximum absolute atomic E-state index is 16.3. The summed E-state index contributed by atoms with van der Waals surface area (Å²) >= 11 is 20.3. The van der Waals surface area contributed by atoms with E-state index in [2.05, 4.69) is 52.8 Å². The van der Waals surface area contributed by atoms with Crippen molar-refractivity contribution in [3.8, 4) is 57.1 Å². The molecule has 14 rings (SSSR count). The number of phenolic OH excluding ortho intramolecular Hbond substituents is 3. The van der Waals surface area contributed by atoms with Crippen LogP contribution in [0.4, 0.5) is 5.82 Å². The van der Waals surface area contributed by atoms with E-state index >= 15 is 19.2 Å². The van der Waals surface area contributed by atoms with Crippen molar-refractivity contribution < 1.29 is 123 Å². The van der Waals surface area contributed by atoms with Crippen LogP contribution in [-0.2, 0) is 63.9 Å². The van der Waals surface area contributed by atoms with Gasteiger partial charge in [0.25, 0.3) is 5.91 Å². The Hall–Kier alpha value is -11.6.